The van der Waals surface area contributed by atoms with E-state index in [-0.39, 0.29) is 5.91 Å². The smallest absolute Gasteiger partial charge is 0.251 e. The van der Waals surface area contributed by atoms with Crippen molar-refractivity contribution in [2.45, 2.75) is 13.1 Å². The number of nitrogens with one attached hydrogen (secondary N) is 2. The van der Waals surface area contributed by atoms with Crippen LogP contribution >= 0.6 is 0 Å². The highest BCUT2D eigenvalue weighted by molar-refractivity contribution is 5.95. The number of aromatic nitrogens is 7. The topological polar surface area (TPSA) is 115 Å². The zero-order valence-electron chi connectivity index (χ0n) is 19.0. The van der Waals surface area contributed by atoms with Gasteiger partial charge < -0.3 is 15.2 Å². The molecule has 5 rings (SSSR count). The molecule has 0 unspecified atom stereocenters. The van der Waals surface area contributed by atoms with Crippen molar-refractivity contribution in [1.82, 2.24) is 39.8 Å². The van der Waals surface area contributed by atoms with Crippen molar-refractivity contribution < 1.29 is 4.79 Å². The summed E-state index contributed by atoms with van der Waals surface area (Å²) in [7, 11) is 1.89. The first kappa shape index (κ1) is 22.0. The summed E-state index contributed by atoms with van der Waals surface area (Å²) in [4.78, 5) is 21.0. The highest BCUT2D eigenvalue weighted by Crippen LogP contribution is 2.17. The van der Waals surface area contributed by atoms with Gasteiger partial charge in [0.1, 0.15) is 12.0 Å². The van der Waals surface area contributed by atoms with Crippen LogP contribution in [0.2, 0.25) is 0 Å². The lowest BCUT2D eigenvalue weighted by Crippen LogP contribution is -2.23. The molecule has 0 saturated carbocycles. The fourth-order valence-electron chi connectivity index (χ4n) is 3.69. The van der Waals surface area contributed by atoms with E-state index in [9.17, 15) is 4.79 Å². The van der Waals surface area contributed by atoms with Gasteiger partial charge in [-0.2, -0.15) is 5.10 Å². The Bertz CT molecular complexity index is 1430. The monoisotopic (exact) mass is 465 g/mol. The van der Waals surface area contributed by atoms with Crippen LogP contribution in [0.5, 0.6) is 0 Å². The highest BCUT2D eigenvalue weighted by atomic mass is 16.1. The summed E-state index contributed by atoms with van der Waals surface area (Å²) in [6.45, 7) is 0.828. The number of carbonyl (C=O) groups is 1. The maximum absolute atomic E-state index is 12.9. The quantitative estimate of drug-likeness (QED) is 0.362. The average Bonchev–Trinajstić information content (AvgIpc) is 3.57. The molecule has 10 nitrogen and oxygen atoms in total. The van der Waals surface area contributed by atoms with Crippen LogP contribution in [-0.2, 0) is 20.1 Å². The summed E-state index contributed by atoms with van der Waals surface area (Å²) in [6, 6.07) is 18.9. The minimum absolute atomic E-state index is 0.159. The number of nitrogens with zero attached hydrogens (tertiary/aromatic N) is 7. The second-order valence-electron chi connectivity index (χ2n) is 7.79. The molecule has 174 valence electrons. The second kappa shape index (κ2) is 9.96. The standard InChI is InChI=1S/C25H23N9O/c1-33-23(31-32-24(33)21-10-12-26-17-29-21)16-27-20-8-4-7-18(14-20)25(35)28-15-19-6-2-3-9-22(19)34-13-5-11-30-34/h2-14,17,27H,15-16H2,1H3,(H,28,35). The van der Waals surface area contributed by atoms with Crippen molar-refractivity contribution >= 4 is 11.6 Å². The fourth-order valence-corrected chi connectivity index (χ4v) is 3.69. The van der Waals surface area contributed by atoms with Crippen molar-refractivity contribution in [1.29, 1.82) is 0 Å². The van der Waals surface area contributed by atoms with Gasteiger partial charge in [-0.05, 0) is 42.0 Å². The van der Waals surface area contributed by atoms with Crippen LogP contribution < -0.4 is 10.6 Å². The first-order valence-corrected chi connectivity index (χ1v) is 11.0. The lowest BCUT2D eigenvalue weighted by molar-refractivity contribution is 0.0951. The van der Waals surface area contributed by atoms with Gasteiger partial charge in [-0.3, -0.25) is 4.79 Å². The Kier molecular flexibility index (Phi) is 6.25. The summed E-state index contributed by atoms with van der Waals surface area (Å²) in [5.74, 6) is 1.24. The third kappa shape index (κ3) is 4.91. The van der Waals surface area contributed by atoms with Gasteiger partial charge in [0.25, 0.3) is 5.91 Å². The van der Waals surface area contributed by atoms with E-state index >= 15 is 0 Å². The molecule has 3 aromatic heterocycles. The van der Waals surface area contributed by atoms with Crippen molar-refractivity contribution in [2.24, 2.45) is 7.05 Å². The molecular weight excluding hydrogens is 442 g/mol. The van der Waals surface area contributed by atoms with Crippen molar-refractivity contribution in [3.63, 3.8) is 0 Å². The van der Waals surface area contributed by atoms with Crippen LogP contribution in [0.15, 0.2) is 85.6 Å². The summed E-state index contributed by atoms with van der Waals surface area (Å²) < 4.78 is 3.66. The van der Waals surface area contributed by atoms with Gasteiger partial charge in [0.15, 0.2) is 11.6 Å². The van der Waals surface area contributed by atoms with Gasteiger partial charge in [0.05, 0.1) is 12.2 Å². The van der Waals surface area contributed by atoms with E-state index < -0.39 is 0 Å². The molecule has 0 aliphatic heterocycles. The Morgan fingerprint density at radius 3 is 2.71 bits per heavy atom. The molecular formula is C25H23N9O. The van der Waals surface area contributed by atoms with E-state index in [2.05, 4.69) is 35.9 Å². The highest BCUT2D eigenvalue weighted by Gasteiger charge is 2.12. The van der Waals surface area contributed by atoms with Crippen LogP contribution in [0.25, 0.3) is 17.2 Å². The molecule has 3 heterocycles. The summed E-state index contributed by atoms with van der Waals surface area (Å²) in [5, 5.41) is 19.1. The van der Waals surface area contributed by atoms with Crippen molar-refractivity contribution in [3.05, 3.63) is 103 Å². The number of carbonyl (C=O) groups excluding carboxylic acids is 1. The third-order valence-electron chi connectivity index (χ3n) is 5.53. The average molecular weight is 466 g/mol. The molecule has 0 radical (unpaired) electrons. The molecule has 35 heavy (non-hydrogen) atoms. The number of hydrogen-bond acceptors (Lipinski definition) is 7. The fraction of sp³-hybridized carbons (Fsp3) is 0.120. The molecule has 1 amide bonds. The minimum Gasteiger partial charge on any atom is -0.378 e. The Morgan fingerprint density at radius 1 is 0.971 bits per heavy atom. The maximum atomic E-state index is 12.9. The van der Waals surface area contributed by atoms with E-state index in [1.807, 2.05) is 66.3 Å². The predicted octanol–water partition coefficient (Wildman–Crippen LogP) is 3.00. The van der Waals surface area contributed by atoms with Crippen LogP contribution in [0.4, 0.5) is 5.69 Å². The molecule has 2 N–H and O–H groups in total. The van der Waals surface area contributed by atoms with Crippen LogP contribution in [0.3, 0.4) is 0 Å². The van der Waals surface area contributed by atoms with Gasteiger partial charge in [-0.1, -0.05) is 24.3 Å². The van der Waals surface area contributed by atoms with E-state index in [1.165, 1.54) is 6.33 Å². The van der Waals surface area contributed by atoms with E-state index in [1.54, 1.807) is 29.2 Å². The van der Waals surface area contributed by atoms with Crippen LogP contribution in [0.1, 0.15) is 21.7 Å². The third-order valence-corrected chi connectivity index (χ3v) is 5.53. The molecule has 0 saturated heterocycles. The largest absolute Gasteiger partial charge is 0.378 e. The normalized spacial score (nSPS) is 10.8. The first-order valence-electron chi connectivity index (χ1n) is 11.0. The Morgan fingerprint density at radius 2 is 1.89 bits per heavy atom. The zero-order valence-corrected chi connectivity index (χ0v) is 19.0. The van der Waals surface area contributed by atoms with E-state index in [0.29, 0.717) is 30.2 Å². The van der Waals surface area contributed by atoms with Crippen LogP contribution in [0, 0.1) is 0 Å². The molecule has 0 fully saturated rings. The molecule has 5 aromatic rings. The van der Waals surface area contributed by atoms with Gasteiger partial charge in [0, 0.05) is 43.4 Å². The summed E-state index contributed by atoms with van der Waals surface area (Å²) >= 11 is 0. The Hall–Kier alpha value is -4.86. The van der Waals surface area contributed by atoms with Gasteiger partial charge in [0.2, 0.25) is 0 Å². The number of benzene rings is 2. The molecule has 0 aliphatic rings. The predicted molar refractivity (Wildman–Crippen MR) is 131 cm³/mol. The summed E-state index contributed by atoms with van der Waals surface area (Å²) in [6.07, 6.45) is 6.76. The van der Waals surface area contributed by atoms with Gasteiger partial charge in [-0.25, -0.2) is 14.6 Å². The van der Waals surface area contributed by atoms with E-state index in [4.69, 9.17) is 0 Å². The number of anilines is 1. The first-order chi connectivity index (χ1) is 17.2. The number of hydrogen-bond donors (Lipinski definition) is 2. The number of amides is 1. The van der Waals surface area contributed by atoms with Crippen LogP contribution in [-0.4, -0.2) is 40.4 Å². The number of rotatable bonds is 8. The van der Waals surface area contributed by atoms with Crippen molar-refractivity contribution in [3.8, 4) is 17.2 Å². The second-order valence-corrected chi connectivity index (χ2v) is 7.79. The molecule has 0 aliphatic carbocycles. The number of para-hydroxylation sites is 1. The molecule has 0 spiro atoms. The maximum Gasteiger partial charge on any atom is 0.251 e. The molecule has 2 aromatic carbocycles. The van der Waals surface area contributed by atoms with Crippen molar-refractivity contribution in [2.75, 3.05) is 5.32 Å². The zero-order chi connectivity index (χ0) is 24.0. The lowest BCUT2D eigenvalue weighted by atomic mass is 10.1. The minimum atomic E-state index is -0.159. The lowest BCUT2D eigenvalue weighted by Gasteiger charge is -2.12. The van der Waals surface area contributed by atoms with Gasteiger partial charge in [-0.15, -0.1) is 10.2 Å². The summed E-state index contributed by atoms with van der Waals surface area (Å²) in [5.41, 5.74) is 3.97. The molecule has 0 atom stereocenters. The Labute approximate surface area is 201 Å². The van der Waals surface area contributed by atoms with E-state index in [0.717, 1.165) is 22.8 Å². The SMILES string of the molecule is Cn1c(CNc2cccc(C(=O)NCc3ccccc3-n3cccn3)c2)nnc1-c1ccncn1. The molecule has 0 bridgehead atoms. The van der Waals surface area contributed by atoms with Gasteiger partial charge >= 0.3 is 0 Å². The Balaban J connectivity index is 1.23. The molecule has 10 heteroatoms.